The molecule has 0 bridgehead atoms. The van der Waals surface area contributed by atoms with E-state index in [0.717, 1.165) is 12.8 Å². The zero-order valence-corrected chi connectivity index (χ0v) is 18.8. The van der Waals surface area contributed by atoms with Crippen LogP contribution in [0.5, 0.6) is 0 Å². The van der Waals surface area contributed by atoms with E-state index in [9.17, 15) is 19.2 Å². The smallest absolute Gasteiger partial charge is 0.346 e. The molecule has 0 aliphatic heterocycles. The second-order valence-corrected chi connectivity index (χ2v) is 8.75. The fourth-order valence-corrected chi connectivity index (χ4v) is 4.65. The Morgan fingerprint density at radius 2 is 1.15 bits per heavy atom. The van der Waals surface area contributed by atoms with Gasteiger partial charge in [-0.05, 0) is 63.1 Å². The summed E-state index contributed by atoms with van der Waals surface area (Å²) in [5, 5.41) is 0.501. The third kappa shape index (κ3) is 3.85. The Kier molecular flexibility index (Phi) is 5.43. The molecule has 0 amide bonds. The van der Waals surface area contributed by atoms with Crippen molar-refractivity contribution in [3.63, 3.8) is 0 Å². The van der Waals surface area contributed by atoms with Gasteiger partial charge in [-0.2, -0.15) is 0 Å². The summed E-state index contributed by atoms with van der Waals surface area (Å²) >= 11 is 0. The minimum Gasteiger partial charge on any atom is -0.408 e. The molecule has 0 saturated heterocycles. The first-order chi connectivity index (χ1) is 16.3. The van der Waals surface area contributed by atoms with Crippen molar-refractivity contribution < 1.29 is 18.4 Å². The van der Waals surface area contributed by atoms with Gasteiger partial charge in [-0.3, -0.25) is 9.59 Å². The molecule has 34 heavy (non-hydrogen) atoms. The molecule has 0 radical (unpaired) electrons. The molecule has 1 fully saturated rings. The van der Waals surface area contributed by atoms with Crippen LogP contribution in [0, 0.1) is 0 Å². The SMILES string of the molecule is CC(=O)c1ccc2nc(C3CCCCC3c3nc4ccc(C(C)=O)cc4c(=O)o3)oc(=O)c2c1. The maximum Gasteiger partial charge on any atom is 0.346 e. The molecule has 2 aromatic heterocycles. The lowest BCUT2D eigenvalue weighted by atomic mass is 9.79. The number of carbonyl (C=O) groups excluding carboxylic acids is 2. The Balaban J connectivity index is 1.59. The molecule has 2 aromatic carbocycles. The lowest BCUT2D eigenvalue weighted by Gasteiger charge is -2.28. The summed E-state index contributed by atoms with van der Waals surface area (Å²) in [6, 6.07) is 9.56. The van der Waals surface area contributed by atoms with E-state index in [1.54, 1.807) is 24.3 Å². The summed E-state index contributed by atoms with van der Waals surface area (Å²) in [6.45, 7) is 2.87. The van der Waals surface area contributed by atoms with Gasteiger partial charge in [0.05, 0.1) is 21.8 Å². The normalized spacial score (nSPS) is 18.3. The Morgan fingerprint density at radius 3 is 1.53 bits per heavy atom. The molecule has 8 nitrogen and oxygen atoms in total. The Labute approximate surface area is 193 Å². The van der Waals surface area contributed by atoms with Crippen LogP contribution >= 0.6 is 0 Å². The van der Waals surface area contributed by atoms with Crippen LogP contribution in [0.2, 0.25) is 0 Å². The molecule has 8 heteroatoms. The van der Waals surface area contributed by atoms with E-state index >= 15 is 0 Å². The van der Waals surface area contributed by atoms with Gasteiger partial charge in [0.25, 0.3) is 0 Å². The van der Waals surface area contributed by atoms with E-state index in [4.69, 9.17) is 8.83 Å². The van der Waals surface area contributed by atoms with Crippen molar-refractivity contribution in [1.82, 2.24) is 9.97 Å². The van der Waals surface area contributed by atoms with Gasteiger partial charge in [0.2, 0.25) is 11.8 Å². The van der Waals surface area contributed by atoms with Gasteiger partial charge < -0.3 is 8.83 Å². The molecule has 2 atom stereocenters. The summed E-state index contributed by atoms with van der Waals surface area (Å²) in [6.07, 6.45) is 3.22. The topological polar surface area (TPSA) is 120 Å². The first-order valence-corrected chi connectivity index (χ1v) is 11.2. The largest absolute Gasteiger partial charge is 0.408 e. The zero-order chi connectivity index (χ0) is 24.0. The highest BCUT2D eigenvalue weighted by Crippen LogP contribution is 2.42. The lowest BCUT2D eigenvalue weighted by Crippen LogP contribution is -2.21. The van der Waals surface area contributed by atoms with E-state index in [0.29, 0.717) is 35.0 Å². The summed E-state index contributed by atoms with van der Waals surface area (Å²) in [4.78, 5) is 58.0. The van der Waals surface area contributed by atoms with Crippen LogP contribution in [0.1, 0.15) is 83.9 Å². The second kappa shape index (κ2) is 8.44. The number of aromatic nitrogens is 2. The van der Waals surface area contributed by atoms with Crippen molar-refractivity contribution in [3.8, 4) is 0 Å². The minimum atomic E-state index is -0.558. The second-order valence-electron chi connectivity index (χ2n) is 8.75. The standard InChI is InChI=1S/C26H22N2O6/c1-13(29)15-7-9-21-19(11-15)25(31)33-23(27-21)17-5-3-4-6-18(17)24-28-22-10-8-16(14(2)30)12-20(22)26(32)34-24/h7-12,17-18H,3-6H2,1-2H3. The molecular weight excluding hydrogens is 436 g/mol. The van der Waals surface area contributed by atoms with Gasteiger partial charge in [0.15, 0.2) is 11.6 Å². The first-order valence-electron chi connectivity index (χ1n) is 11.2. The van der Waals surface area contributed by atoms with E-state index in [2.05, 4.69) is 9.97 Å². The van der Waals surface area contributed by atoms with Gasteiger partial charge in [0.1, 0.15) is 0 Å². The van der Waals surface area contributed by atoms with E-state index in [-0.39, 0.29) is 46.0 Å². The van der Waals surface area contributed by atoms with E-state index in [1.807, 2.05) is 0 Å². The van der Waals surface area contributed by atoms with Gasteiger partial charge in [0, 0.05) is 23.0 Å². The number of hydrogen-bond acceptors (Lipinski definition) is 8. The van der Waals surface area contributed by atoms with Crippen LogP contribution in [0.15, 0.2) is 54.8 Å². The van der Waals surface area contributed by atoms with Crippen LogP contribution in [0.25, 0.3) is 21.8 Å². The predicted molar refractivity (Wildman–Crippen MR) is 125 cm³/mol. The zero-order valence-electron chi connectivity index (χ0n) is 18.8. The van der Waals surface area contributed by atoms with Crippen LogP contribution in [-0.2, 0) is 0 Å². The molecule has 172 valence electrons. The maximum absolute atomic E-state index is 12.7. The molecule has 4 aromatic rings. The van der Waals surface area contributed by atoms with Crippen molar-refractivity contribution in [1.29, 1.82) is 0 Å². The van der Waals surface area contributed by atoms with Crippen molar-refractivity contribution in [2.75, 3.05) is 0 Å². The number of nitrogens with zero attached hydrogens (tertiary/aromatic N) is 2. The Hall–Kier alpha value is -3.94. The molecule has 2 unspecified atom stereocenters. The average Bonchev–Trinajstić information content (AvgIpc) is 2.83. The summed E-state index contributed by atoms with van der Waals surface area (Å²) in [5.41, 5.74) is 0.615. The summed E-state index contributed by atoms with van der Waals surface area (Å²) in [7, 11) is 0. The third-order valence-corrected chi connectivity index (χ3v) is 6.50. The van der Waals surface area contributed by atoms with Gasteiger partial charge in [-0.15, -0.1) is 0 Å². The van der Waals surface area contributed by atoms with E-state index < -0.39 is 11.3 Å². The molecule has 0 N–H and O–H groups in total. The molecule has 0 spiro atoms. The molecule has 1 aliphatic carbocycles. The van der Waals surface area contributed by atoms with Gasteiger partial charge >= 0.3 is 11.3 Å². The van der Waals surface area contributed by atoms with Crippen LogP contribution in [0.3, 0.4) is 0 Å². The number of ketones is 2. The fourth-order valence-electron chi connectivity index (χ4n) is 4.65. The highest BCUT2D eigenvalue weighted by Gasteiger charge is 2.34. The maximum atomic E-state index is 12.7. The van der Waals surface area contributed by atoms with Gasteiger partial charge in [-0.1, -0.05) is 12.8 Å². The fraction of sp³-hybridized carbons (Fsp3) is 0.308. The number of benzene rings is 2. The minimum absolute atomic E-state index is 0.148. The van der Waals surface area contributed by atoms with Crippen LogP contribution in [-0.4, -0.2) is 21.5 Å². The lowest BCUT2D eigenvalue weighted by molar-refractivity contribution is 0.100. The average molecular weight is 458 g/mol. The molecule has 1 saturated carbocycles. The van der Waals surface area contributed by atoms with Crippen LogP contribution < -0.4 is 11.3 Å². The molecule has 5 rings (SSSR count). The first kappa shape index (κ1) is 21.9. The van der Waals surface area contributed by atoms with Crippen LogP contribution in [0.4, 0.5) is 0 Å². The number of Topliss-reactive ketones (excluding diaryl/α,β-unsaturated/α-hetero) is 2. The van der Waals surface area contributed by atoms with Crippen molar-refractivity contribution in [2.24, 2.45) is 0 Å². The van der Waals surface area contributed by atoms with Crippen molar-refractivity contribution in [3.05, 3.63) is 80.1 Å². The Bertz CT molecular complexity index is 1460. The number of carbonyl (C=O) groups is 2. The summed E-state index contributed by atoms with van der Waals surface area (Å²) < 4.78 is 11.2. The Morgan fingerprint density at radius 1 is 0.735 bits per heavy atom. The third-order valence-electron chi connectivity index (χ3n) is 6.50. The molecular formula is C26H22N2O6. The highest BCUT2D eigenvalue weighted by molar-refractivity contribution is 5.98. The summed E-state index contributed by atoms with van der Waals surface area (Å²) in [5.74, 6) is -0.328. The molecule has 1 aliphatic rings. The molecule has 2 heterocycles. The van der Waals surface area contributed by atoms with Crippen molar-refractivity contribution >= 4 is 33.4 Å². The number of fused-ring (bicyclic) bond motifs is 2. The van der Waals surface area contributed by atoms with Gasteiger partial charge in [-0.25, -0.2) is 19.6 Å². The number of hydrogen-bond donors (Lipinski definition) is 0. The highest BCUT2D eigenvalue weighted by atomic mass is 16.4. The van der Waals surface area contributed by atoms with Crippen molar-refractivity contribution in [2.45, 2.75) is 51.4 Å². The van der Waals surface area contributed by atoms with E-state index in [1.165, 1.54) is 26.0 Å². The quantitative estimate of drug-likeness (QED) is 0.409. The monoisotopic (exact) mass is 458 g/mol. The predicted octanol–water partition coefficient (Wildman–Crippen LogP) is 4.54. The number of rotatable bonds is 4.